The smallest absolute Gasteiger partial charge is 0.164 e. The maximum Gasteiger partial charge on any atom is 0.164 e. The van der Waals surface area contributed by atoms with Crippen LogP contribution in [0.2, 0.25) is 0 Å². The summed E-state index contributed by atoms with van der Waals surface area (Å²) in [6, 6.07) is -29.8. The largest absolute Gasteiger partial charge is 0.309 e. The molecule has 0 atom stereocenters. The van der Waals surface area contributed by atoms with Crippen molar-refractivity contribution in [3.05, 3.63) is 199 Å². The van der Waals surface area contributed by atoms with Gasteiger partial charge in [0.2, 0.25) is 0 Å². The number of fused-ring (bicyclic) bond motifs is 6. The molecular formula is C52H35N5. The molecule has 8 aromatic carbocycles. The van der Waals surface area contributed by atoms with Crippen molar-refractivity contribution >= 4 is 43.6 Å². The molecule has 268 valence electrons. The molecule has 0 N–H and O–H groups in total. The summed E-state index contributed by atoms with van der Waals surface area (Å²) >= 11 is 0. The van der Waals surface area contributed by atoms with Crippen LogP contribution in [0.4, 0.5) is 0 Å². The van der Waals surface area contributed by atoms with Crippen LogP contribution in [-0.2, 0) is 0 Å². The fourth-order valence-electron chi connectivity index (χ4n) is 6.16. The number of aromatic nitrogens is 5. The zero-order valence-corrected chi connectivity index (χ0v) is 28.7. The average Bonchev–Trinajstić information content (AvgIpc) is 1.56. The van der Waals surface area contributed by atoms with Crippen molar-refractivity contribution in [1.82, 2.24) is 24.1 Å². The van der Waals surface area contributed by atoms with Gasteiger partial charge in [-0.25, -0.2) is 15.0 Å². The highest BCUT2D eigenvalue weighted by atomic mass is 15.0. The van der Waals surface area contributed by atoms with E-state index in [9.17, 15) is 15.1 Å². The molecule has 0 bridgehead atoms. The maximum absolute atomic E-state index is 9.99. The van der Waals surface area contributed by atoms with Gasteiger partial charge in [0.25, 0.3) is 0 Å². The second-order valence-corrected chi connectivity index (χ2v) is 12.1. The predicted molar refractivity (Wildman–Crippen MR) is 235 cm³/mol. The van der Waals surface area contributed by atoms with E-state index < -0.39 is 294 Å². The Bertz CT molecular complexity index is 5020. The number of hydrogen-bond acceptors (Lipinski definition) is 3. The first-order chi connectivity index (χ1) is 41.5. The van der Waals surface area contributed by atoms with Gasteiger partial charge in [-0.15, -0.1) is 0 Å². The fraction of sp³-hybridized carbons (Fsp3) is 0.0192. The summed E-state index contributed by atoms with van der Waals surface area (Å²) in [6.07, 6.45) is 0. The van der Waals surface area contributed by atoms with Gasteiger partial charge in [0, 0.05) is 49.6 Å². The SMILES string of the molecule is [2H]c1c([2H])c([2H])c(-c2nc(-c3c([2H])c([2H])c(-c4c([2H])c([2H])c(C)c([2H])c4[2H])c([2H])c3[2H])nc(-c3c([2H])c([2H])c([2H])c(-n4c5c([2H])c([2H])c([2H])c([2H])c5c5c([2H])c(-n6c7c([2H])c([2H])c([2H])c([2H])c7c7c([2H])c([2H])c([2H])c([2H])c76)c([2H])c([2H])c54)c3[2H])n2)c([2H])c1[2H]. The van der Waals surface area contributed by atoms with Gasteiger partial charge in [0.15, 0.2) is 17.5 Å². The molecule has 0 saturated heterocycles. The van der Waals surface area contributed by atoms with Gasteiger partial charge in [-0.1, -0.05) is 151 Å². The number of rotatable bonds is 6. The topological polar surface area (TPSA) is 48.5 Å². The molecule has 3 aromatic heterocycles. The van der Waals surface area contributed by atoms with Crippen LogP contribution >= 0.6 is 0 Å². The van der Waals surface area contributed by atoms with E-state index in [1.165, 1.54) is 6.92 Å². The molecule has 5 heteroatoms. The van der Waals surface area contributed by atoms with E-state index in [4.69, 9.17) is 28.8 Å². The molecule has 0 spiro atoms. The van der Waals surface area contributed by atoms with Crippen molar-refractivity contribution in [3.63, 3.8) is 0 Å². The molecule has 5 nitrogen and oxygen atoms in total. The van der Waals surface area contributed by atoms with Crippen molar-refractivity contribution in [2.75, 3.05) is 0 Å². The van der Waals surface area contributed by atoms with E-state index in [0.717, 1.165) is 4.57 Å². The van der Waals surface area contributed by atoms with Gasteiger partial charge in [0.05, 0.1) is 65.9 Å². The minimum Gasteiger partial charge on any atom is -0.309 e. The van der Waals surface area contributed by atoms with Crippen LogP contribution in [-0.4, -0.2) is 24.1 Å². The van der Waals surface area contributed by atoms with Gasteiger partial charge in [-0.3, -0.25) is 0 Å². The lowest BCUT2D eigenvalue weighted by Crippen LogP contribution is -2.01. The second kappa shape index (κ2) is 13.3. The van der Waals surface area contributed by atoms with Crippen LogP contribution in [0.3, 0.4) is 0 Å². The Morgan fingerprint density at radius 2 is 0.754 bits per heavy atom. The first kappa shape index (κ1) is 13.8. The molecule has 0 radical (unpaired) electrons. The number of hydrogen-bond donors (Lipinski definition) is 0. The van der Waals surface area contributed by atoms with Gasteiger partial charge in [0.1, 0.15) is 0 Å². The highest BCUT2D eigenvalue weighted by Gasteiger charge is 2.18. The lowest BCUT2D eigenvalue weighted by Gasteiger charge is -2.12. The Hall–Kier alpha value is -7.63. The van der Waals surface area contributed by atoms with Crippen molar-refractivity contribution < 1.29 is 43.9 Å². The van der Waals surface area contributed by atoms with Crippen molar-refractivity contribution in [2.45, 2.75) is 6.92 Å². The maximum atomic E-state index is 9.99. The first-order valence-corrected chi connectivity index (χ1v) is 16.7. The van der Waals surface area contributed by atoms with Crippen LogP contribution in [0.25, 0.3) is 100 Å². The summed E-state index contributed by atoms with van der Waals surface area (Å²) in [5.74, 6) is -2.87. The average molecular weight is 762 g/mol. The molecular weight excluding hydrogens is 695 g/mol. The molecule has 3 heterocycles. The Morgan fingerprint density at radius 1 is 0.333 bits per heavy atom. The third kappa shape index (κ3) is 5.59. The van der Waals surface area contributed by atoms with Crippen molar-refractivity contribution in [2.24, 2.45) is 0 Å². The molecule has 0 fully saturated rings. The van der Waals surface area contributed by atoms with E-state index >= 15 is 0 Å². The third-order valence-corrected chi connectivity index (χ3v) is 8.67. The van der Waals surface area contributed by atoms with E-state index in [1.807, 2.05) is 0 Å². The zero-order valence-electron chi connectivity index (χ0n) is 60.7. The van der Waals surface area contributed by atoms with Crippen molar-refractivity contribution in [1.29, 1.82) is 0 Å². The predicted octanol–water partition coefficient (Wildman–Crippen LogP) is 13.0. The number of benzene rings is 8. The summed E-state index contributed by atoms with van der Waals surface area (Å²) in [6.45, 7) is 1.29. The summed E-state index contributed by atoms with van der Waals surface area (Å²) < 4.78 is 290. The van der Waals surface area contributed by atoms with E-state index in [-0.39, 0.29) is 5.56 Å². The Kier molecular flexibility index (Phi) is 3.23. The number of para-hydroxylation sites is 3. The van der Waals surface area contributed by atoms with Crippen LogP contribution in [0.1, 0.15) is 49.4 Å². The molecule has 11 aromatic rings. The standard InChI is InChI=1S/C52H35N5/c1-34-22-24-35(25-23-34)36-26-28-38(29-27-36)51-53-50(37-12-3-2-4-13-37)54-52(55-51)39-14-11-15-40(32-39)56-48-21-10-7-18-44(48)45-33-41(30-31-49(45)56)57-46-19-8-5-16-42(46)43-17-6-9-20-47(43)57/h2-33H,1H3/i2D,3D,4D,5D,6D,7D,8D,9D,10D,11D,12D,13D,14D,15D,16D,17D,18D,19D,20D,21D,22D,23D,24D,25D,26D,27D,28D,29D,30D,31D,32D,33D. The molecule has 0 unspecified atom stereocenters. The summed E-state index contributed by atoms with van der Waals surface area (Å²) in [5, 5.41) is -2.36. The summed E-state index contributed by atoms with van der Waals surface area (Å²) in [5.41, 5.74) is -8.64. The Balaban J connectivity index is 1.30. The van der Waals surface area contributed by atoms with E-state index in [2.05, 4.69) is 15.0 Å². The van der Waals surface area contributed by atoms with Gasteiger partial charge < -0.3 is 9.13 Å². The second-order valence-electron chi connectivity index (χ2n) is 12.1. The molecule has 0 saturated carbocycles. The van der Waals surface area contributed by atoms with Gasteiger partial charge in [-0.2, -0.15) is 0 Å². The molecule has 0 aliphatic heterocycles. The molecule has 11 rings (SSSR count). The Labute approximate surface area is 374 Å². The van der Waals surface area contributed by atoms with Crippen LogP contribution in [0, 0.1) is 6.92 Å². The summed E-state index contributed by atoms with van der Waals surface area (Å²) in [4.78, 5) is 12.9. The lowest BCUT2D eigenvalue weighted by atomic mass is 10.0. The molecule has 57 heavy (non-hydrogen) atoms. The molecule has 0 aliphatic carbocycles. The quantitative estimate of drug-likeness (QED) is 0.170. The monoisotopic (exact) mass is 761 g/mol. The highest BCUT2D eigenvalue weighted by Crippen LogP contribution is 2.37. The minimum atomic E-state index is -1.15. The van der Waals surface area contributed by atoms with Gasteiger partial charge in [-0.05, 0) is 66.4 Å². The minimum absolute atomic E-state index is 0.103. The van der Waals surface area contributed by atoms with Crippen LogP contribution < -0.4 is 0 Å². The van der Waals surface area contributed by atoms with Crippen LogP contribution in [0.15, 0.2) is 193 Å². The molecule has 0 amide bonds. The summed E-state index contributed by atoms with van der Waals surface area (Å²) in [7, 11) is 0. The van der Waals surface area contributed by atoms with E-state index in [1.54, 1.807) is 0 Å². The molecule has 0 aliphatic rings. The normalized spacial score (nSPS) is 19.5. The Morgan fingerprint density at radius 3 is 1.35 bits per heavy atom. The third-order valence-electron chi connectivity index (χ3n) is 8.67. The fourth-order valence-corrected chi connectivity index (χ4v) is 6.16. The first-order valence-electron chi connectivity index (χ1n) is 32.7. The highest BCUT2D eigenvalue weighted by molar-refractivity contribution is 6.12. The van der Waals surface area contributed by atoms with Gasteiger partial charge >= 0.3 is 0 Å². The zero-order chi connectivity index (χ0) is 65.7. The van der Waals surface area contributed by atoms with E-state index in [0.29, 0.717) is 4.57 Å². The number of nitrogens with zero attached hydrogens (tertiary/aromatic N) is 5. The van der Waals surface area contributed by atoms with Crippen LogP contribution in [0.5, 0.6) is 0 Å². The van der Waals surface area contributed by atoms with Crippen molar-refractivity contribution in [3.8, 4) is 56.7 Å². The lowest BCUT2D eigenvalue weighted by molar-refractivity contribution is 1.07.